The summed E-state index contributed by atoms with van der Waals surface area (Å²) in [5, 5.41) is 12.3. The number of halogens is 1. The molecule has 0 spiro atoms. The number of carbonyl (C=O) groups is 2. The van der Waals surface area contributed by atoms with Gasteiger partial charge in [0.2, 0.25) is 0 Å². The van der Waals surface area contributed by atoms with Gasteiger partial charge in [0.15, 0.2) is 0 Å². The Morgan fingerprint density at radius 1 is 1.50 bits per heavy atom. The first-order valence-corrected chi connectivity index (χ1v) is 4.91. The quantitative estimate of drug-likeness (QED) is 0.573. The van der Waals surface area contributed by atoms with E-state index in [1.807, 2.05) is 5.43 Å². The number of carboxylic acid groups (broad SMARTS) is 1. The van der Waals surface area contributed by atoms with Crippen molar-refractivity contribution >= 4 is 34.1 Å². The molecule has 1 aromatic carbocycles. The van der Waals surface area contributed by atoms with Gasteiger partial charge in [-0.3, -0.25) is 0 Å². The molecule has 0 saturated carbocycles. The number of primary amides is 1. The van der Waals surface area contributed by atoms with E-state index in [9.17, 15) is 9.59 Å². The molecule has 0 fully saturated rings. The van der Waals surface area contributed by atoms with Gasteiger partial charge in [-0.15, -0.1) is 0 Å². The molecule has 16 heavy (non-hydrogen) atoms. The molecular weight excluding hydrogens is 278 g/mol. The van der Waals surface area contributed by atoms with Crippen molar-refractivity contribution in [1.29, 1.82) is 0 Å². The van der Waals surface area contributed by atoms with Gasteiger partial charge in [0.1, 0.15) is 0 Å². The summed E-state index contributed by atoms with van der Waals surface area (Å²) in [6.07, 6.45) is 1.35. The molecule has 4 N–H and O–H groups in total. The molecule has 0 aromatic heterocycles. The van der Waals surface area contributed by atoms with Crippen LogP contribution in [0.5, 0.6) is 0 Å². The molecule has 0 aliphatic rings. The number of hydrogen-bond donors (Lipinski definition) is 3. The average molecular weight is 286 g/mol. The number of benzene rings is 1. The molecule has 0 radical (unpaired) electrons. The van der Waals surface area contributed by atoms with Crippen molar-refractivity contribution in [3.63, 3.8) is 0 Å². The summed E-state index contributed by atoms with van der Waals surface area (Å²) in [6.45, 7) is 0. The van der Waals surface area contributed by atoms with Crippen LogP contribution in [-0.4, -0.2) is 23.3 Å². The van der Waals surface area contributed by atoms with Gasteiger partial charge in [0.05, 0.1) is 11.8 Å². The number of hydrogen-bond acceptors (Lipinski definition) is 3. The Labute approximate surface area is 99.3 Å². The second-order valence-corrected chi connectivity index (χ2v) is 3.63. The van der Waals surface area contributed by atoms with Crippen LogP contribution in [0.1, 0.15) is 15.9 Å². The van der Waals surface area contributed by atoms with E-state index in [0.29, 0.717) is 10.0 Å². The van der Waals surface area contributed by atoms with Gasteiger partial charge in [0.25, 0.3) is 0 Å². The van der Waals surface area contributed by atoms with E-state index in [4.69, 9.17) is 10.8 Å². The van der Waals surface area contributed by atoms with E-state index in [1.165, 1.54) is 12.3 Å². The Morgan fingerprint density at radius 3 is 2.69 bits per heavy atom. The van der Waals surface area contributed by atoms with Crippen molar-refractivity contribution in [2.45, 2.75) is 0 Å². The number of nitrogens with two attached hydrogens (primary N) is 1. The maximum Gasteiger partial charge on any atom is 0.336 e. The van der Waals surface area contributed by atoms with Crippen molar-refractivity contribution in [1.82, 2.24) is 5.43 Å². The standard InChI is InChI=1S/C9H8BrN3O3/c10-7-3-5(4-12-13-9(11)16)1-2-6(7)8(14)15/h1-4H,(H,14,15)(H3,11,13,16). The molecule has 0 heterocycles. The fourth-order valence-electron chi connectivity index (χ4n) is 0.956. The van der Waals surface area contributed by atoms with E-state index >= 15 is 0 Å². The molecule has 1 rings (SSSR count). The minimum absolute atomic E-state index is 0.153. The second-order valence-electron chi connectivity index (χ2n) is 2.78. The number of nitrogens with one attached hydrogen (secondary N) is 1. The number of urea groups is 1. The Bertz CT molecular complexity index is 459. The van der Waals surface area contributed by atoms with Gasteiger partial charge in [0, 0.05) is 4.47 Å². The van der Waals surface area contributed by atoms with Crippen LogP contribution in [-0.2, 0) is 0 Å². The average Bonchev–Trinajstić information content (AvgIpc) is 2.16. The van der Waals surface area contributed by atoms with E-state index in [0.717, 1.165) is 0 Å². The van der Waals surface area contributed by atoms with E-state index in [-0.39, 0.29) is 5.56 Å². The molecular formula is C9H8BrN3O3. The highest BCUT2D eigenvalue weighted by atomic mass is 79.9. The first kappa shape index (κ1) is 12.2. The summed E-state index contributed by atoms with van der Waals surface area (Å²) < 4.78 is 0.433. The number of carboxylic acids is 1. The highest BCUT2D eigenvalue weighted by Gasteiger charge is 2.07. The molecule has 0 saturated heterocycles. The lowest BCUT2D eigenvalue weighted by Gasteiger charge is -1.99. The van der Waals surface area contributed by atoms with Crippen molar-refractivity contribution in [2.75, 3.05) is 0 Å². The number of nitrogens with zero attached hydrogens (tertiary/aromatic N) is 1. The van der Waals surface area contributed by atoms with E-state index < -0.39 is 12.0 Å². The van der Waals surface area contributed by atoms with E-state index in [1.54, 1.807) is 12.1 Å². The number of hydrazone groups is 1. The van der Waals surface area contributed by atoms with Gasteiger partial charge in [-0.25, -0.2) is 15.0 Å². The summed E-state index contributed by atoms with van der Waals surface area (Å²) in [5.74, 6) is -1.02. The van der Waals surface area contributed by atoms with Crippen molar-refractivity contribution in [3.05, 3.63) is 33.8 Å². The molecule has 0 aliphatic carbocycles. The van der Waals surface area contributed by atoms with Crippen molar-refractivity contribution in [2.24, 2.45) is 10.8 Å². The summed E-state index contributed by atoms with van der Waals surface area (Å²) in [4.78, 5) is 21.0. The Morgan fingerprint density at radius 2 is 2.19 bits per heavy atom. The molecule has 0 aliphatic heterocycles. The smallest absolute Gasteiger partial charge is 0.336 e. The first-order valence-electron chi connectivity index (χ1n) is 4.12. The van der Waals surface area contributed by atoms with Crippen LogP contribution >= 0.6 is 15.9 Å². The third-order valence-electron chi connectivity index (χ3n) is 1.61. The van der Waals surface area contributed by atoms with Crippen LogP contribution in [0.15, 0.2) is 27.8 Å². The van der Waals surface area contributed by atoms with Gasteiger partial charge >= 0.3 is 12.0 Å². The molecule has 84 valence electrons. The maximum atomic E-state index is 10.7. The monoisotopic (exact) mass is 285 g/mol. The van der Waals surface area contributed by atoms with Gasteiger partial charge < -0.3 is 10.8 Å². The van der Waals surface area contributed by atoms with Gasteiger partial charge in [-0.05, 0) is 33.6 Å². The van der Waals surface area contributed by atoms with E-state index in [2.05, 4.69) is 21.0 Å². The highest BCUT2D eigenvalue weighted by Crippen LogP contribution is 2.17. The summed E-state index contributed by atoms with van der Waals surface area (Å²) in [7, 11) is 0. The van der Waals surface area contributed by atoms with Crippen LogP contribution in [0.4, 0.5) is 4.79 Å². The number of rotatable bonds is 3. The molecule has 7 heteroatoms. The Kier molecular flexibility index (Phi) is 4.01. The van der Waals surface area contributed by atoms with Crippen LogP contribution < -0.4 is 11.2 Å². The Hall–Kier alpha value is -1.89. The lowest BCUT2D eigenvalue weighted by molar-refractivity contribution is 0.0696. The number of amides is 2. The topological polar surface area (TPSA) is 105 Å². The molecule has 0 bridgehead atoms. The minimum atomic E-state index is -1.02. The fourth-order valence-corrected chi connectivity index (χ4v) is 1.52. The SMILES string of the molecule is NC(=O)NN=Cc1ccc(C(=O)O)c(Br)c1. The van der Waals surface area contributed by atoms with Crippen LogP contribution in [0.25, 0.3) is 0 Å². The number of aromatic carboxylic acids is 1. The third-order valence-corrected chi connectivity index (χ3v) is 2.27. The van der Waals surface area contributed by atoms with Crippen molar-refractivity contribution < 1.29 is 14.7 Å². The molecule has 1 aromatic rings. The normalized spacial score (nSPS) is 10.3. The maximum absolute atomic E-state index is 10.7. The fraction of sp³-hybridized carbons (Fsp3) is 0. The molecule has 0 atom stereocenters. The zero-order valence-corrected chi connectivity index (χ0v) is 9.56. The predicted octanol–water partition coefficient (Wildman–Crippen LogP) is 1.15. The lowest BCUT2D eigenvalue weighted by Crippen LogP contribution is -2.24. The summed E-state index contributed by atoms with van der Waals surface area (Å²) >= 11 is 3.11. The molecule has 0 unspecified atom stereocenters. The highest BCUT2D eigenvalue weighted by molar-refractivity contribution is 9.10. The molecule has 6 nitrogen and oxygen atoms in total. The molecule has 2 amide bonds. The van der Waals surface area contributed by atoms with Crippen molar-refractivity contribution in [3.8, 4) is 0 Å². The second kappa shape index (κ2) is 5.26. The summed E-state index contributed by atoms with van der Waals surface area (Å²) in [5.41, 5.74) is 7.61. The minimum Gasteiger partial charge on any atom is -0.478 e. The Balaban J connectivity index is 2.85. The van der Waals surface area contributed by atoms with Crippen LogP contribution in [0, 0.1) is 0 Å². The first-order chi connectivity index (χ1) is 7.50. The zero-order valence-electron chi connectivity index (χ0n) is 7.98. The largest absolute Gasteiger partial charge is 0.478 e. The summed E-state index contributed by atoms with van der Waals surface area (Å²) in [6, 6.07) is 3.78. The van der Waals surface area contributed by atoms with Crippen LogP contribution in [0.2, 0.25) is 0 Å². The van der Waals surface area contributed by atoms with Gasteiger partial charge in [-0.2, -0.15) is 5.10 Å². The zero-order chi connectivity index (χ0) is 12.1. The lowest BCUT2D eigenvalue weighted by atomic mass is 10.1. The van der Waals surface area contributed by atoms with Crippen LogP contribution in [0.3, 0.4) is 0 Å². The predicted molar refractivity (Wildman–Crippen MR) is 61.4 cm³/mol. The third kappa shape index (κ3) is 3.35. The van der Waals surface area contributed by atoms with Gasteiger partial charge in [-0.1, -0.05) is 6.07 Å². The number of carbonyl (C=O) groups excluding carboxylic acids is 1.